The van der Waals surface area contributed by atoms with E-state index in [2.05, 4.69) is 5.32 Å². The molecule has 0 saturated heterocycles. The summed E-state index contributed by atoms with van der Waals surface area (Å²) in [5, 5.41) is 21.6. The van der Waals surface area contributed by atoms with Crippen molar-refractivity contribution in [2.24, 2.45) is 7.05 Å². The number of carbonyl (C=O) groups is 2. The molecule has 3 N–H and O–H groups in total. The Labute approximate surface area is 188 Å². The SMILES string of the molecule is COc1cccc(-c2ccc(F)c(N(C(=O)NCCC(=O)O)c3c(O)ccn(C)c3=O)c2)c1. The van der Waals surface area contributed by atoms with Gasteiger partial charge >= 0.3 is 12.0 Å². The molecule has 2 aromatic carbocycles. The Hall–Kier alpha value is -4.34. The lowest BCUT2D eigenvalue weighted by molar-refractivity contribution is -0.136. The van der Waals surface area contributed by atoms with Gasteiger partial charge in [-0.25, -0.2) is 9.18 Å². The van der Waals surface area contributed by atoms with Crippen LogP contribution in [0.2, 0.25) is 0 Å². The Bertz CT molecular complexity index is 1260. The molecule has 1 heterocycles. The second-order valence-corrected chi connectivity index (χ2v) is 7.07. The number of aliphatic carboxylic acids is 1. The van der Waals surface area contributed by atoms with Gasteiger partial charge < -0.3 is 24.8 Å². The molecule has 0 unspecified atom stereocenters. The van der Waals surface area contributed by atoms with E-state index in [1.807, 2.05) is 0 Å². The molecule has 1 aromatic heterocycles. The van der Waals surface area contributed by atoms with Gasteiger partial charge in [0.25, 0.3) is 5.56 Å². The fourth-order valence-electron chi connectivity index (χ4n) is 3.17. The molecule has 0 aliphatic heterocycles. The molecular weight excluding hydrogens is 433 g/mol. The number of ether oxygens (including phenoxy) is 1. The first kappa shape index (κ1) is 23.3. The average Bonchev–Trinajstić information content (AvgIpc) is 2.79. The number of carboxylic acid groups (broad SMARTS) is 1. The lowest BCUT2D eigenvalue weighted by atomic mass is 10.0. The quantitative estimate of drug-likeness (QED) is 0.503. The molecule has 0 radical (unpaired) electrons. The third kappa shape index (κ3) is 5.12. The van der Waals surface area contributed by atoms with Gasteiger partial charge in [-0.15, -0.1) is 0 Å². The molecule has 9 nitrogen and oxygen atoms in total. The zero-order chi connectivity index (χ0) is 24.1. The number of halogens is 1. The molecular formula is C23H22FN3O6. The molecule has 3 aromatic rings. The number of anilines is 2. The zero-order valence-corrected chi connectivity index (χ0v) is 17.9. The number of amides is 2. The predicted molar refractivity (Wildman–Crippen MR) is 120 cm³/mol. The highest BCUT2D eigenvalue weighted by Gasteiger charge is 2.27. The van der Waals surface area contributed by atoms with Crippen LogP contribution >= 0.6 is 0 Å². The first-order valence-corrected chi connectivity index (χ1v) is 9.85. The highest BCUT2D eigenvalue weighted by molar-refractivity contribution is 6.01. The summed E-state index contributed by atoms with van der Waals surface area (Å²) in [5.41, 5.74) is -0.362. The van der Waals surface area contributed by atoms with Crippen LogP contribution in [-0.2, 0) is 11.8 Å². The van der Waals surface area contributed by atoms with Crippen LogP contribution in [0.25, 0.3) is 11.1 Å². The predicted octanol–water partition coefficient (Wildman–Crippen LogP) is 3.23. The van der Waals surface area contributed by atoms with Crippen molar-refractivity contribution in [2.75, 3.05) is 18.6 Å². The summed E-state index contributed by atoms with van der Waals surface area (Å²) < 4.78 is 21.4. The summed E-state index contributed by atoms with van der Waals surface area (Å²) in [6.07, 6.45) is 0.912. The van der Waals surface area contributed by atoms with Crippen LogP contribution in [0, 0.1) is 5.82 Å². The number of nitrogens with zero attached hydrogens (tertiary/aromatic N) is 2. The minimum Gasteiger partial charge on any atom is -0.505 e. The number of benzene rings is 2. The zero-order valence-electron chi connectivity index (χ0n) is 17.9. The van der Waals surface area contributed by atoms with E-state index in [0.717, 1.165) is 10.6 Å². The highest BCUT2D eigenvalue weighted by atomic mass is 19.1. The Balaban J connectivity index is 2.16. The minimum atomic E-state index is -1.15. The van der Waals surface area contributed by atoms with Crippen molar-refractivity contribution in [2.45, 2.75) is 6.42 Å². The number of aromatic nitrogens is 1. The number of hydrogen-bond donors (Lipinski definition) is 3. The lowest BCUT2D eigenvalue weighted by Gasteiger charge is -2.24. The summed E-state index contributed by atoms with van der Waals surface area (Å²) >= 11 is 0. The van der Waals surface area contributed by atoms with Gasteiger partial charge in [-0.2, -0.15) is 0 Å². The molecule has 10 heteroatoms. The molecule has 0 saturated carbocycles. The number of pyridine rings is 1. The second kappa shape index (κ2) is 9.86. The van der Waals surface area contributed by atoms with Crippen LogP contribution in [0.5, 0.6) is 11.5 Å². The third-order valence-corrected chi connectivity index (χ3v) is 4.85. The number of aromatic hydroxyl groups is 1. The molecule has 0 bridgehead atoms. The van der Waals surface area contributed by atoms with Crippen LogP contribution in [0.4, 0.5) is 20.6 Å². The molecule has 0 aliphatic rings. The van der Waals surface area contributed by atoms with Crippen LogP contribution in [-0.4, -0.2) is 40.4 Å². The number of nitrogens with one attached hydrogen (secondary N) is 1. The number of urea groups is 1. The minimum absolute atomic E-state index is 0.268. The van der Waals surface area contributed by atoms with Crippen molar-refractivity contribution < 1.29 is 28.9 Å². The van der Waals surface area contributed by atoms with Gasteiger partial charge in [0.1, 0.15) is 17.3 Å². The normalized spacial score (nSPS) is 10.5. The van der Waals surface area contributed by atoms with Crippen molar-refractivity contribution in [3.8, 4) is 22.6 Å². The topological polar surface area (TPSA) is 121 Å². The summed E-state index contributed by atoms with van der Waals surface area (Å²) in [6.45, 7) is -0.268. The Morgan fingerprint density at radius 1 is 1.15 bits per heavy atom. The van der Waals surface area contributed by atoms with E-state index in [4.69, 9.17) is 9.84 Å². The first-order chi connectivity index (χ1) is 15.7. The molecule has 0 fully saturated rings. The van der Waals surface area contributed by atoms with E-state index in [0.29, 0.717) is 21.8 Å². The van der Waals surface area contributed by atoms with Crippen molar-refractivity contribution in [1.29, 1.82) is 0 Å². The smallest absolute Gasteiger partial charge is 0.326 e. The molecule has 0 atom stereocenters. The number of rotatable bonds is 7. The van der Waals surface area contributed by atoms with Gasteiger partial charge in [0.05, 0.1) is 19.2 Å². The van der Waals surface area contributed by atoms with Gasteiger partial charge in [-0.3, -0.25) is 14.5 Å². The molecule has 2 amide bonds. The maximum Gasteiger partial charge on any atom is 0.326 e. The Kier molecular flexibility index (Phi) is 6.97. The largest absolute Gasteiger partial charge is 0.505 e. The standard InChI is InChI=1S/C23H22FN3O6/c1-26-11-9-19(28)21(22(26)31)27(23(32)25-10-8-20(29)30)18-13-15(6-7-17(18)24)14-4-3-5-16(12-14)33-2/h3-7,9,11-13,28H,8,10H2,1-2H3,(H,25,32)(H,29,30). The maximum atomic E-state index is 15.0. The summed E-state index contributed by atoms with van der Waals surface area (Å²) in [5.74, 6) is -1.96. The van der Waals surface area contributed by atoms with E-state index < -0.39 is 34.8 Å². The van der Waals surface area contributed by atoms with Crippen molar-refractivity contribution >= 4 is 23.4 Å². The lowest BCUT2D eigenvalue weighted by Crippen LogP contribution is -2.41. The molecule has 0 aliphatic carbocycles. The van der Waals surface area contributed by atoms with E-state index in [9.17, 15) is 19.5 Å². The average molecular weight is 455 g/mol. The van der Waals surface area contributed by atoms with Crippen molar-refractivity contribution in [1.82, 2.24) is 9.88 Å². The number of carbonyl (C=O) groups excluding carboxylic acids is 1. The van der Waals surface area contributed by atoms with Gasteiger partial charge in [0.15, 0.2) is 5.69 Å². The Morgan fingerprint density at radius 2 is 1.88 bits per heavy atom. The molecule has 0 spiro atoms. The molecule has 172 valence electrons. The van der Waals surface area contributed by atoms with Crippen LogP contribution < -0.4 is 20.5 Å². The summed E-state index contributed by atoms with van der Waals surface area (Å²) in [4.78, 5) is 37.3. The Morgan fingerprint density at radius 3 is 2.58 bits per heavy atom. The maximum absolute atomic E-state index is 15.0. The van der Waals surface area contributed by atoms with E-state index in [1.54, 1.807) is 24.3 Å². The van der Waals surface area contributed by atoms with E-state index in [1.165, 1.54) is 38.6 Å². The number of carboxylic acids is 1. The van der Waals surface area contributed by atoms with Crippen LogP contribution in [0.3, 0.4) is 0 Å². The fraction of sp³-hybridized carbons (Fsp3) is 0.174. The van der Waals surface area contributed by atoms with Crippen molar-refractivity contribution in [3.05, 3.63) is 70.9 Å². The molecule has 3 rings (SSSR count). The number of aryl methyl sites for hydroxylation is 1. The van der Waals surface area contributed by atoms with Crippen LogP contribution in [0.1, 0.15) is 6.42 Å². The van der Waals surface area contributed by atoms with Gasteiger partial charge in [0.2, 0.25) is 0 Å². The molecule has 33 heavy (non-hydrogen) atoms. The van der Waals surface area contributed by atoms with Gasteiger partial charge in [-0.1, -0.05) is 18.2 Å². The van der Waals surface area contributed by atoms with Crippen LogP contribution in [0.15, 0.2) is 59.5 Å². The number of hydrogen-bond acceptors (Lipinski definition) is 5. The van der Waals surface area contributed by atoms with E-state index in [-0.39, 0.29) is 18.7 Å². The second-order valence-electron chi connectivity index (χ2n) is 7.07. The summed E-state index contributed by atoms with van der Waals surface area (Å²) in [7, 11) is 2.92. The van der Waals surface area contributed by atoms with Gasteiger partial charge in [-0.05, 0) is 41.5 Å². The summed E-state index contributed by atoms with van der Waals surface area (Å²) in [6, 6.07) is 11.2. The monoisotopic (exact) mass is 455 g/mol. The number of methoxy groups -OCH3 is 1. The fourth-order valence-corrected chi connectivity index (χ4v) is 3.17. The highest BCUT2D eigenvalue weighted by Crippen LogP contribution is 2.35. The first-order valence-electron chi connectivity index (χ1n) is 9.85. The van der Waals surface area contributed by atoms with Crippen molar-refractivity contribution in [3.63, 3.8) is 0 Å². The third-order valence-electron chi connectivity index (χ3n) is 4.85. The van der Waals surface area contributed by atoms with Gasteiger partial charge in [0, 0.05) is 19.8 Å². The van der Waals surface area contributed by atoms with E-state index >= 15 is 4.39 Å².